The highest BCUT2D eigenvalue weighted by Crippen LogP contribution is 2.10. The third-order valence-corrected chi connectivity index (χ3v) is 4.59. The fourth-order valence-corrected chi connectivity index (χ4v) is 3.27. The molecule has 0 aromatic heterocycles. The number of carbonyl (C=O) groups is 1. The minimum absolute atomic E-state index is 0.0854. The van der Waals surface area contributed by atoms with E-state index in [1.165, 1.54) is 0 Å². The van der Waals surface area contributed by atoms with Crippen molar-refractivity contribution in [3.63, 3.8) is 0 Å². The summed E-state index contributed by atoms with van der Waals surface area (Å²) in [5.41, 5.74) is 0. The standard InChI is InChI=1S/C10H20N2O3S/c1-3-8(2)11-6-10(13)12-9-4-5-16(14,15)7-9/h8-9,11H,3-7H2,1-2H3,(H,12,13). The molecule has 1 aliphatic heterocycles. The molecule has 6 heteroatoms. The van der Waals surface area contributed by atoms with E-state index in [1.54, 1.807) is 0 Å². The molecule has 1 heterocycles. The maximum absolute atomic E-state index is 11.5. The fourth-order valence-electron chi connectivity index (χ4n) is 1.60. The molecule has 0 aromatic carbocycles. The number of nitrogens with one attached hydrogen (secondary N) is 2. The van der Waals surface area contributed by atoms with Crippen LogP contribution in [0.2, 0.25) is 0 Å². The first-order valence-electron chi connectivity index (χ1n) is 5.66. The molecule has 94 valence electrons. The SMILES string of the molecule is CCC(C)NCC(=O)NC1CCS(=O)(=O)C1. The molecule has 2 unspecified atom stereocenters. The van der Waals surface area contributed by atoms with Crippen LogP contribution in [0, 0.1) is 0 Å². The van der Waals surface area contributed by atoms with Crippen LogP contribution in [0.5, 0.6) is 0 Å². The Bertz CT molecular complexity index is 340. The van der Waals surface area contributed by atoms with Crippen molar-refractivity contribution in [2.45, 2.75) is 38.8 Å². The summed E-state index contributed by atoms with van der Waals surface area (Å²) in [6.45, 7) is 4.30. The molecule has 2 atom stereocenters. The first kappa shape index (κ1) is 13.4. The zero-order valence-corrected chi connectivity index (χ0v) is 10.6. The van der Waals surface area contributed by atoms with E-state index in [0.717, 1.165) is 6.42 Å². The zero-order valence-electron chi connectivity index (χ0n) is 9.82. The van der Waals surface area contributed by atoms with E-state index in [2.05, 4.69) is 10.6 Å². The first-order chi connectivity index (χ1) is 7.43. The van der Waals surface area contributed by atoms with Crippen molar-refractivity contribution in [1.29, 1.82) is 0 Å². The van der Waals surface area contributed by atoms with Crippen LogP contribution in [0.3, 0.4) is 0 Å². The number of amides is 1. The average Bonchev–Trinajstić information content (AvgIpc) is 2.54. The number of hydrogen-bond donors (Lipinski definition) is 2. The van der Waals surface area contributed by atoms with E-state index in [9.17, 15) is 13.2 Å². The third kappa shape index (κ3) is 4.49. The van der Waals surface area contributed by atoms with Gasteiger partial charge in [0.2, 0.25) is 5.91 Å². The molecule has 16 heavy (non-hydrogen) atoms. The monoisotopic (exact) mass is 248 g/mol. The second-order valence-electron chi connectivity index (χ2n) is 4.36. The summed E-state index contributed by atoms with van der Waals surface area (Å²) in [6, 6.07) is 0.106. The molecule has 0 saturated carbocycles. The molecule has 1 saturated heterocycles. The van der Waals surface area contributed by atoms with Crippen LogP contribution in [0.1, 0.15) is 26.7 Å². The quantitative estimate of drug-likeness (QED) is 0.699. The second-order valence-corrected chi connectivity index (χ2v) is 6.59. The van der Waals surface area contributed by atoms with Crippen LogP contribution in [0.15, 0.2) is 0 Å². The largest absolute Gasteiger partial charge is 0.351 e. The lowest BCUT2D eigenvalue weighted by Gasteiger charge is -2.14. The van der Waals surface area contributed by atoms with Crippen molar-refractivity contribution in [3.8, 4) is 0 Å². The highest BCUT2D eigenvalue weighted by molar-refractivity contribution is 7.91. The Balaban J connectivity index is 2.25. The summed E-state index contributed by atoms with van der Waals surface area (Å²) in [6.07, 6.45) is 1.50. The number of hydrogen-bond acceptors (Lipinski definition) is 4. The fraction of sp³-hybridized carbons (Fsp3) is 0.900. The maximum atomic E-state index is 11.5. The maximum Gasteiger partial charge on any atom is 0.234 e. The van der Waals surface area contributed by atoms with Crippen LogP contribution in [0.4, 0.5) is 0 Å². The van der Waals surface area contributed by atoms with Crippen molar-refractivity contribution in [1.82, 2.24) is 10.6 Å². The van der Waals surface area contributed by atoms with Gasteiger partial charge in [-0.15, -0.1) is 0 Å². The van der Waals surface area contributed by atoms with Crippen LogP contribution in [-0.4, -0.2) is 44.5 Å². The molecule has 1 aliphatic rings. The van der Waals surface area contributed by atoms with Crippen LogP contribution in [-0.2, 0) is 14.6 Å². The van der Waals surface area contributed by atoms with E-state index in [1.807, 2.05) is 13.8 Å². The lowest BCUT2D eigenvalue weighted by atomic mass is 10.2. The Labute approximate surface area is 96.9 Å². The molecule has 0 bridgehead atoms. The molecular weight excluding hydrogens is 228 g/mol. The molecule has 0 aromatic rings. The van der Waals surface area contributed by atoms with Gasteiger partial charge in [-0.25, -0.2) is 8.42 Å². The predicted octanol–water partition coefficient (Wildman–Crippen LogP) is -0.322. The Morgan fingerprint density at radius 2 is 2.19 bits per heavy atom. The summed E-state index contributed by atoms with van der Waals surface area (Å²) < 4.78 is 22.3. The molecule has 0 spiro atoms. The Hall–Kier alpha value is -0.620. The van der Waals surface area contributed by atoms with Gasteiger partial charge in [-0.3, -0.25) is 4.79 Å². The van der Waals surface area contributed by atoms with E-state index < -0.39 is 9.84 Å². The molecule has 0 aliphatic carbocycles. The van der Waals surface area contributed by atoms with E-state index >= 15 is 0 Å². The topological polar surface area (TPSA) is 75.3 Å². The lowest BCUT2D eigenvalue weighted by molar-refractivity contribution is -0.120. The van der Waals surface area contributed by atoms with Gasteiger partial charge in [-0.05, 0) is 19.8 Å². The van der Waals surface area contributed by atoms with E-state index in [4.69, 9.17) is 0 Å². The van der Waals surface area contributed by atoms with Crippen LogP contribution in [0.25, 0.3) is 0 Å². The van der Waals surface area contributed by atoms with Gasteiger partial charge in [-0.2, -0.15) is 0 Å². The van der Waals surface area contributed by atoms with Gasteiger partial charge in [0.25, 0.3) is 0 Å². The van der Waals surface area contributed by atoms with Gasteiger partial charge < -0.3 is 10.6 Å². The summed E-state index contributed by atoms with van der Waals surface area (Å²) in [7, 11) is -2.91. The van der Waals surface area contributed by atoms with E-state index in [-0.39, 0.29) is 30.0 Å². The highest BCUT2D eigenvalue weighted by Gasteiger charge is 2.28. The Morgan fingerprint density at radius 3 is 2.69 bits per heavy atom. The molecule has 1 fully saturated rings. The summed E-state index contributed by atoms with van der Waals surface area (Å²) in [5.74, 6) is 0.154. The number of sulfone groups is 1. The van der Waals surface area contributed by atoms with Crippen molar-refractivity contribution < 1.29 is 13.2 Å². The lowest BCUT2D eigenvalue weighted by Crippen LogP contribution is -2.42. The van der Waals surface area contributed by atoms with Crippen molar-refractivity contribution >= 4 is 15.7 Å². The Morgan fingerprint density at radius 1 is 1.50 bits per heavy atom. The minimum Gasteiger partial charge on any atom is -0.351 e. The third-order valence-electron chi connectivity index (χ3n) is 2.82. The van der Waals surface area contributed by atoms with Crippen LogP contribution >= 0.6 is 0 Å². The Kier molecular flexibility index (Phi) is 4.73. The van der Waals surface area contributed by atoms with Gasteiger partial charge in [-0.1, -0.05) is 6.92 Å². The van der Waals surface area contributed by atoms with Gasteiger partial charge >= 0.3 is 0 Å². The molecular formula is C10H20N2O3S. The van der Waals surface area contributed by atoms with Crippen LogP contribution < -0.4 is 10.6 Å². The second kappa shape index (κ2) is 5.63. The van der Waals surface area contributed by atoms with Crippen molar-refractivity contribution in [2.75, 3.05) is 18.1 Å². The van der Waals surface area contributed by atoms with Gasteiger partial charge in [0, 0.05) is 12.1 Å². The summed E-state index contributed by atoms with van der Waals surface area (Å²) in [4.78, 5) is 11.5. The van der Waals surface area contributed by atoms with Crippen molar-refractivity contribution in [2.24, 2.45) is 0 Å². The molecule has 1 amide bonds. The van der Waals surface area contributed by atoms with Gasteiger partial charge in [0.05, 0.1) is 18.1 Å². The highest BCUT2D eigenvalue weighted by atomic mass is 32.2. The summed E-state index contributed by atoms with van der Waals surface area (Å²) >= 11 is 0. The minimum atomic E-state index is -2.91. The number of rotatable bonds is 5. The van der Waals surface area contributed by atoms with Crippen molar-refractivity contribution in [3.05, 3.63) is 0 Å². The summed E-state index contributed by atoms with van der Waals surface area (Å²) in [5, 5.41) is 5.80. The molecule has 1 rings (SSSR count). The number of carbonyl (C=O) groups excluding carboxylic acids is 1. The van der Waals surface area contributed by atoms with Gasteiger partial charge in [0.1, 0.15) is 0 Å². The first-order valence-corrected chi connectivity index (χ1v) is 7.48. The molecule has 2 N–H and O–H groups in total. The smallest absolute Gasteiger partial charge is 0.234 e. The predicted molar refractivity (Wildman–Crippen MR) is 63.0 cm³/mol. The zero-order chi connectivity index (χ0) is 12.2. The van der Waals surface area contributed by atoms with Gasteiger partial charge in [0.15, 0.2) is 9.84 Å². The van der Waals surface area contributed by atoms with E-state index in [0.29, 0.717) is 12.5 Å². The normalized spacial score (nSPS) is 25.2. The molecule has 0 radical (unpaired) electrons. The molecule has 5 nitrogen and oxygen atoms in total. The average molecular weight is 248 g/mol.